The van der Waals surface area contributed by atoms with Crippen LogP contribution in [0, 0.1) is 0 Å². The Morgan fingerprint density at radius 3 is 2.11 bits per heavy atom. The Kier molecular flexibility index (Phi) is 18.9. The average Bonchev–Trinajstić information content (AvgIpc) is 1.61. The number of halogens is 2. The zero-order valence-corrected chi connectivity index (χ0v) is 6.67. The van der Waals surface area contributed by atoms with Crippen LogP contribution in [0.3, 0.4) is 0 Å². The van der Waals surface area contributed by atoms with Crippen molar-refractivity contribution in [3.63, 3.8) is 0 Å². The van der Waals surface area contributed by atoms with Crippen molar-refractivity contribution in [3.05, 3.63) is 12.2 Å². The molecule has 0 bridgehead atoms. The third-order valence-corrected chi connectivity index (χ3v) is 0.528. The minimum atomic E-state index is -0.780. The molecule has 4 heteroatoms. The predicted molar refractivity (Wildman–Crippen MR) is 41.6 cm³/mol. The summed E-state index contributed by atoms with van der Waals surface area (Å²) < 4.78 is 0. The lowest BCUT2D eigenvalue weighted by molar-refractivity contribution is -0.136. The number of rotatable bonds is 2. The molecule has 56 valence electrons. The normalized spacial score (nSPS) is 7.67. The van der Waals surface area contributed by atoms with E-state index in [2.05, 4.69) is 0 Å². The SMILES string of the molecule is C/C=C/CC(=O)O.Cl.Cl. The molecule has 0 aromatic rings. The molecule has 0 atom stereocenters. The lowest BCUT2D eigenvalue weighted by atomic mass is 10.4. The van der Waals surface area contributed by atoms with Crippen LogP contribution < -0.4 is 0 Å². The lowest BCUT2D eigenvalue weighted by Crippen LogP contribution is -1.88. The van der Waals surface area contributed by atoms with Gasteiger partial charge in [0.15, 0.2) is 0 Å². The standard InChI is InChI=1S/C5H8O2.2ClH/c1-2-3-4-5(6)7;;/h2-3H,4H2,1H3,(H,6,7);2*1H/b3-2+;;. The van der Waals surface area contributed by atoms with Crippen LogP contribution in [-0.2, 0) is 4.79 Å². The summed E-state index contributed by atoms with van der Waals surface area (Å²) in [6, 6.07) is 0. The highest BCUT2D eigenvalue weighted by atomic mass is 35.5. The Bertz CT molecular complexity index is 91.0. The first-order valence-electron chi connectivity index (χ1n) is 2.10. The second kappa shape index (κ2) is 10.7. The largest absolute Gasteiger partial charge is 0.481 e. The van der Waals surface area contributed by atoms with E-state index in [4.69, 9.17) is 5.11 Å². The van der Waals surface area contributed by atoms with E-state index in [-0.39, 0.29) is 31.2 Å². The van der Waals surface area contributed by atoms with Gasteiger partial charge in [-0.2, -0.15) is 0 Å². The van der Waals surface area contributed by atoms with Gasteiger partial charge < -0.3 is 5.11 Å². The summed E-state index contributed by atoms with van der Waals surface area (Å²) >= 11 is 0. The van der Waals surface area contributed by atoms with Gasteiger partial charge in [-0.1, -0.05) is 12.2 Å². The monoisotopic (exact) mass is 172 g/mol. The molecule has 0 unspecified atom stereocenters. The molecule has 0 rings (SSSR count). The van der Waals surface area contributed by atoms with E-state index >= 15 is 0 Å². The van der Waals surface area contributed by atoms with Gasteiger partial charge in [0.25, 0.3) is 0 Å². The van der Waals surface area contributed by atoms with E-state index in [1.807, 2.05) is 0 Å². The van der Waals surface area contributed by atoms with Crippen molar-refractivity contribution in [2.45, 2.75) is 13.3 Å². The van der Waals surface area contributed by atoms with Crippen LogP contribution in [0.1, 0.15) is 13.3 Å². The summed E-state index contributed by atoms with van der Waals surface area (Å²) in [4.78, 5) is 9.71. The fourth-order valence-corrected chi connectivity index (χ4v) is 0.219. The number of allylic oxidation sites excluding steroid dienone is 1. The lowest BCUT2D eigenvalue weighted by Gasteiger charge is -1.77. The van der Waals surface area contributed by atoms with Crippen molar-refractivity contribution in [2.75, 3.05) is 0 Å². The van der Waals surface area contributed by atoms with E-state index in [1.165, 1.54) is 0 Å². The van der Waals surface area contributed by atoms with Crippen LogP contribution >= 0.6 is 24.8 Å². The van der Waals surface area contributed by atoms with E-state index in [0.717, 1.165) is 0 Å². The molecule has 0 spiro atoms. The van der Waals surface area contributed by atoms with Gasteiger partial charge in [0, 0.05) is 0 Å². The molecule has 1 N–H and O–H groups in total. The van der Waals surface area contributed by atoms with Gasteiger partial charge in [-0.3, -0.25) is 4.79 Å². The van der Waals surface area contributed by atoms with Gasteiger partial charge in [-0.15, -0.1) is 24.8 Å². The topological polar surface area (TPSA) is 37.3 Å². The Balaban J connectivity index is -0.000000180. The molecule has 0 aromatic carbocycles. The van der Waals surface area contributed by atoms with Crippen LogP contribution in [-0.4, -0.2) is 11.1 Å². The number of hydrogen-bond acceptors (Lipinski definition) is 1. The molecular formula is C5H10Cl2O2. The van der Waals surface area contributed by atoms with Gasteiger partial charge in [-0.25, -0.2) is 0 Å². The quantitative estimate of drug-likeness (QED) is 0.647. The fraction of sp³-hybridized carbons (Fsp3) is 0.400. The Labute approximate surface area is 66.8 Å². The zero-order valence-electron chi connectivity index (χ0n) is 5.03. The minimum absolute atomic E-state index is 0. The van der Waals surface area contributed by atoms with Crippen molar-refractivity contribution in [3.8, 4) is 0 Å². The van der Waals surface area contributed by atoms with Gasteiger partial charge in [0.2, 0.25) is 0 Å². The van der Waals surface area contributed by atoms with Gasteiger partial charge in [0.05, 0.1) is 6.42 Å². The molecule has 0 aliphatic carbocycles. The molecular weight excluding hydrogens is 163 g/mol. The molecule has 0 heterocycles. The molecule has 0 amide bonds. The van der Waals surface area contributed by atoms with Crippen molar-refractivity contribution in [1.82, 2.24) is 0 Å². The van der Waals surface area contributed by atoms with Crippen LogP contribution in [0.4, 0.5) is 0 Å². The molecule has 0 fully saturated rings. The van der Waals surface area contributed by atoms with Crippen molar-refractivity contribution in [2.24, 2.45) is 0 Å². The van der Waals surface area contributed by atoms with Gasteiger partial charge in [0.1, 0.15) is 0 Å². The highest BCUT2D eigenvalue weighted by Crippen LogP contribution is 1.79. The Hall–Kier alpha value is -0.210. The summed E-state index contributed by atoms with van der Waals surface area (Å²) in [7, 11) is 0. The molecule has 0 saturated heterocycles. The van der Waals surface area contributed by atoms with Crippen LogP contribution in [0.2, 0.25) is 0 Å². The number of carbonyl (C=O) groups is 1. The van der Waals surface area contributed by atoms with Gasteiger partial charge >= 0.3 is 5.97 Å². The first-order chi connectivity index (χ1) is 3.27. The third-order valence-electron chi connectivity index (χ3n) is 0.528. The average molecular weight is 173 g/mol. The number of carboxylic acid groups (broad SMARTS) is 1. The van der Waals surface area contributed by atoms with E-state index in [0.29, 0.717) is 0 Å². The predicted octanol–water partition coefficient (Wildman–Crippen LogP) is 1.88. The molecule has 0 aliphatic heterocycles. The summed E-state index contributed by atoms with van der Waals surface area (Å²) in [6.07, 6.45) is 3.45. The second-order valence-corrected chi connectivity index (χ2v) is 1.17. The smallest absolute Gasteiger partial charge is 0.307 e. The second-order valence-electron chi connectivity index (χ2n) is 1.17. The molecule has 9 heavy (non-hydrogen) atoms. The first-order valence-corrected chi connectivity index (χ1v) is 2.10. The number of carboxylic acids is 1. The summed E-state index contributed by atoms with van der Waals surface area (Å²) in [5.74, 6) is -0.780. The van der Waals surface area contributed by atoms with Crippen LogP contribution in [0.25, 0.3) is 0 Å². The minimum Gasteiger partial charge on any atom is -0.481 e. The maximum absolute atomic E-state index is 9.71. The molecule has 0 aromatic heterocycles. The van der Waals surface area contributed by atoms with Crippen molar-refractivity contribution >= 4 is 30.8 Å². The highest BCUT2D eigenvalue weighted by molar-refractivity contribution is 5.85. The Morgan fingerprint density at radius 2 is 2.00 bits per heavy atom. The molecule has 0 radical (unpaired) electrons. The van der Waals surface area contributed by atoms with Crippen molar-refractivity contribution in [1.29, 1.82) is 0 Å². The maximum atomic E-state index is 9.71. The third kappa shape index (κ3) is 18.2. The molecule has 0 saturated carbocycles. The van der Waals surface area contributed by atoms with Gasteiger partial charge in [-0.05, 0) is 6.92 Å². The number of aliphatic carboxylic acids is 1. The molecule has 2 nitrogen and oxygen atoms in total. The summed E-state index contributed by atoms with van der Waals surface area (Å²) in [5.41, 5.74) is 0. The van der Waals surface area contributed by atoms with E-state index < -0.39 is 5.97 Å². The van der Waals surface area contributed by atoms with E-state index in [1.54, 1.807) is 19.1 Å². The Morgan fingerprint density at radius 1 is 1.56 bits per heavy atom. The molecule has 0 aliphatic rings. The summed E-state index contributed by atoms with van der Waals surface area (Å²) in [6.45, 7) is 1.79. The number of hydrogen-bond donors (Lipinski definition) is 1. The first kappa shape index (κ1) is 15.9. The maximum Gasteiger partial charge on any atom is 0.307 e. The van der Waals surface area contributed by atoms with Crippen molar-refractivity contribution < 1.29 is 9.90 Å². The fourth-order valence-electron chi connectivity index (χ4n) is 0.219. The summed E-state index contributed by atoms with van der Waals surface area (Å²) in [5, 5.41) is 7.99. The van der Waals surface area contributed by atoms with Crippen LogP contribution in [0.15, 0.2) is 12.2 Å². The highest BCUT2D eigenvalue weighted by Gasteiger charge is 1.85. The zero-order chi connectivity index (χ0) is 5.70. The van der Waals surface area contributed by atoms with Crippen LogP contribution in [0.5, 0.6) is 0 Å². The van der Waals surface area contributed by atoms with E-state index in [9.17, 15) is 4.79 Å².